The smallest absolute Gasteiger partial charge is 0.195 e. The standard InChI is InChI=1S/C10H15N5S/c1-10(2,3)15-8(12-13-9(15)16)7-5-14(4)6-11-7/h5-6H,1-4H3,(H,13,16). The van der Waals surface area contributed by atoms with Gasteiger partial charge >= 0.3 is 0 Å². The summed E-state index contributed by atoms with van der Waals surface area (Å²) in [5.74, 6) is 0.776. The molecular weight excluding hydrogens is 222 g/mol. The molecule has 2 aromatic rings. The molecule has 1 N–H and O–H groups in total. The minimum atomic E-state index is -0.114. The summed E-state index contributed by atoms with van der Waals surface area (Å²) in [6.45, 7) is 6.26. The first-order chi connectivity index (χ1) is 7.39. The lowest BCUT2D eigenvalue weighted by atomic mass is 10.1. The van der Waals surface area contributed by atoms with Gasteiger partial charge in [0.05, 0.1) is 6.33 Å². The molecule has 0 aliphatic heterocycles. The highest BCUT2D eigenvalue weighted by Crippen LogP contribution is 2.22. The van der Waals surface area contributed by atoms with E-state index in [9.17, 15) is 0 Å². The Morgan fingerprint density at radius 3 is 2.56 bits per heavy atom. The zero-order valence-corrected chi connectivity index (χ0v) is 10.7. The Bertz CT molecular complexity index is 554. The summed E-state index contributed by atoms with van der Waals surface area (Å²) < 4.78 is 4.48. The van der Waals surface area contributed by atoms with Gasteiger partial charge in [0.25, 0.3) is 0 Å². The number of H-pyrrole nitrogens is 1. The maximum absolute atomic E-state index is 5.24. The molecular formula is C10H15N5S. The predicted octanol–water partition coefficient (Wildman–Crippen LogP) is 2.10. The highest BCUT2D eigenvalue weighted by Gasteiger charge is 2.21. The van der Waals surface area contributed by atoms with Crippen LogP contribution in [-0.4, -0.2) is 24.3 Å². The third-order valence-corrected chi connectivity index (χ3v) is 2.55. The van der Waals surface area contributed by atoms with Crippen molar-refractivity contribution >= 4 is 12.2 Å². The Balaban J connectivity index is 2.63. The first kappa shape index (κ1) is 11.1. The van der Waals surface area contributed by atoms with Gasteiger partial charge in [0, 0.05) is 18.8 Å². The molecule has 0 aliphatic rings. The van der Waals surface area contributed by atoms with Crippen molar-refractivity contribution in [3.63, 3.8) is 0 Å². The summed E-state index contributed by atoms with van der Waals surface area (Å²) in [7, 11) is 1.93. The lowest BCUT2D eigenvalue weighted by Crippen LogP contribution is -2.23. The number of nitrogens with zero attached hydrogens (tertiary/aromatic N) is 4. The van der Waals surface area contributed by atoms with E-state index >= 15 is 0 Å². The Morgan fingerprint density at radius 1 is 1.38 bits per heavy atom. The van der Waals surface area contributed by atoms with E-state index < -0.39 is 0 Å². The van der Waals surface area contributed by atoms with Crippen molar-refractivity contribution in [3.05, 3.63) is 17.3 Å². The lowest BCUT2D eigenvalue weighted by Gasteiger charge is -2.21. The van der Waals surface area contributed by atoms with Gasteiger partial charge < -0.3 is 4.57 Å². The second-order valence-electron chi connectivity index (χ2n) is 4.78. The van der Waals surface area contributed by atoms with Gasteiger partial charge in [-0.2, -0.15) is 5.10 Å². The number of hydrogen-bond acceptors (Lipinski definition) is 3. The average Bonchev–Trinajstić information content (AvgIpc) is 2.70. The van der Waals surface area contributed by atoms with Crippen LogP contribution in [0.15, 0.2) is 12.5 Å². The minimum absolute atomic E-state index is 0.114. The maximum atomic E-state index is 5.24. The van der Waals surface area contributed by atoms with Gasteiger partial charge in [-0.1, -0.05) is 0 Å². The average molecular weight is 237 g/mol. The topological polar surface area (TPSA) is 51.4 Å². The van der Waals surface area contributed by atoms with Crippen LogP contribution in [0.5, 0.6) is 0 Å². The molecule has 0 bridgehead atoms. The van der Waals surface area contributed by atoms with Crippen LogP contribution < -0.4 is 0 Å². The van der Waals surface area contributed by atoms with Gasteiger partial charge in [-0.3, -0.25) is 9.67 Å². The summed E-state index contributed by atoms with van der Waals surface area (Å²) in [4.78, 5) is 4.29. The molecule has 0 saturated heterocycles. The lowest BCUT2D eigenvalue weighted by molar-refractivity contribution is 0.395. The molecule has 0 spiro atoms. The number of aromatic nitrogens is 5. The number of nitrogens with one attached hydrogen (secondary N) is 1. The van der Waals surface area contributed by atoms with Crippen LogP contribution in [0.1, 0.15) is 20.8 Å². The molecule has 0 unspecified atom stereocenters. The second-order valence-corrected chi connectivity index (χ2v) is 5.17. The van der Waals surface area contributed by atoms with Gasteiger partial charge in [0.15, 0.2) is 10.6 Å². The van der Waals surface area contributed by atoms with Crippen molar-refractivity contribution in [1.82, 2.24) is 24.3 Å². The Morgan fingerprint density at radius 2 is 2.06 bits per heavy atom. The van der Waals surface area contributed by atoms with Crippen molar-refractivity contribution in [1.29, 1.82) is 0 Å². The van der Waals surface area contributed by atoms with Gasteiger partial charge in [-0.15, -0.1) is 0 Å². The summed E-state index contributed by atoms with van der Waals surface area (Å²) in [5.41, 5.74) is 0.710. The first-order valence-corrected chi connectivity index (χ1v) is 5.46. The molecule has 0 fully saturated rings. The van der Waals surface area contributed by atoms with Crippen LogP contribution in [0.25, 0.3) is 11.5 Å². The summed E-state index contributed by atoms with van der Waals surface area (Å²) in [6, 6.07) is 0. The SMILES string of the molecule is Cn1cnc(-c2n[nH]c(=S)n2C(C)(C)C)c1. The summed E-state index contributed by atoms with van der Waals surface area (Å²) in [5, 5.41) is 7.05. The highest BCUT2D eigenvalue weighted by molar-refractivity contribution is 7.71. The number of hydrogen-bond donors (Lipinski definition) is 1. The van der Waals surface area contributed by atoms with Gasteiger partial charge in [0.1, 0.15) is 5.69 Å². The number of rotatable bonds is 1. The van der Waals surface area contributed by atoms with E-state index in [0.717, 1.165) is 11.5 Å². The van der Waals surface area contributed by atoms with Crippen LogP contribution in [0.4, 0.5) is 0 Å². The van der Waals surface area contributed by atoms with Gasteiger partial charge in [-0.25, -0.2) is 4.98 Å². The molecule has 2 heterocycles. The van der Waals surface area contributed by atoms with Gasteiger partial charge in [0.2, 0.25) is 0 Å². The molecule has 6 heteroatoms. The normalized spacial score (nSPS) is 12.0. The summed E-state index contributed by atoms with van der Waals surface area (Å²) >= 11 is 5.24. The van der Waals surface area contributed by atoms with Crippen LogP contribution in [0, 0.1) is 4.77 Å². The molecule has 5 nitrogen and oxygen atoms in total. The molecule has 0 amide bonds. The molecule has 0 saturated carbocycles. The van der Waals surface area contributed by atoms with Gasteiger partial charge in [-0.05, 0) is 33.0 Å². The maximum Gasteiger partial charge on any atom is 0.195 e. The van der Waals surface area contributed by atoms with E-state index in [1.54, 1.807) is 6.33 Å². The van der Waals surface area contributed by atoms with E-state index in [1.165, 1.54) is 0 Å². The van der Waals surface area contributed by atoms with E-state index in [2.05, 4.69) is 36.0 Å². The van der Waals surface area contributed by atoms with Crippen molar-refractivity contribution < 1.29 is 0 Å². The quantitative estimate of drug-likeness (QED) is 0.773. The minimum Gasteiger partial charge on any atom is -0.340 e. The number of aryl methyl sites for hydroxylation is 1. The van der Waals surface area contributed by atoms with Crippen molar-refractivity contribution in [2.24, 2.45) is 7.05 Å². The van der Waals surface area contributed by atoms with Crippen LogP contribution in [-0.2, 0) is 12.6 Å². The monoisotopic (exact) mass is 237 g/mol. The van der Waals surface area contributed by atoms with Crippen molar-refractivity contribution in [2.75, 3.05) is 0 Å². The predicted molar refractivity (Wildman–Crippen MR) is 64.6 cm³/mol. The van der Waals surface area contributed by atoms with E-state index in [0.29, 0.717) is 4.77 Å². The van der Waals surface area contributed by atoms with Crippen molar-refractivity contribution in [2.45, 2.75) is 26.3 Å². The zero-order chi connectivity index (χ0) is 11.9. The fraction of sp³-hybridized carbons (Fsp3) is 0.500. The molecule has 0 aliphatic carbocycles. The Labute approximate surface area is 99.1 Å². The molecule has 16 heavy (non-hydrogen) atoms. The molecule has 2 rings (SSSR count). The first-order valence-electron chi connectivity index (χ1n) is 5.06. The third kappa shape index (κ3) is 1.80. The van der Waals surface area contributed by atoms with E-state index in [1.807, 2.05) is 22.4 Å². The molecule has 2 aromatic heterocycles. The zero-order valence-electron chi connectivity index (χ0n) is 9.85. The fourth-order valence-electron chi connectivity index (χ4n) is 1.62. The number of imidazole rings is 1. The van der Waals surface area contributed by atoms with E-state index in [-0.39, 0.29) is 5.54 Å². The third-order valence-electron chi connectivity index (χ3n) is 2.28. The van der Waals surface area contributed by atoms with Crippen LogP contribution in [0.3, 0.4) is 0 Å². The number of aromatic amines is 1. The second kappa shape index (κ2) is 3.55. The largest absolute Gasteiger partial charge is 0.340 e. The fourth-order valence-corrected chi connectivity index (χ4v) is 2.03. The molecule has 86 valence electrons. The van der Waals surface area contributed by atoms with Crippen LogP contribution >= 0.6 is 12.2 Å². The molecule has 0 aromatic carbocycles. The summed E-state index contributed by atoms with van der Waals surface area (Å²) in [6.07, 6.45) is 3.67. The van der Waals surface area contributed by atoms with Crippen molar-refractivity contribution in [3.8, 4) is 11.5 Å². The van der Waals surface area contributed by atoms with Crippen LogP contribution in [0.2, 0.25) is 0 Å². The Kier molecular flexibility index (Phi) is 2.46. The molecule has 0 atom stereocenters. The van der Waals surface area contributed by atoms with E-state index in [4.69, 9.17) is 12.2 Å². The highest BCUT2D eigenvalue weighted by atomic mass is 32.1. The molecule has 0 radical (unpaired) electrons. The Hall–Kier alpha value is -1.43.